The predicted octanol–water partition coefficient (Wildman–Crippen LogP) is 3.66. The molecule has 0 spiro atoms. The zero-order chi connectivity index (χ0) is 13.3. The molecule has 1 aromatic rings. The van der Waals surface area contributed by atoms with E-state index in [2.05, 4.69) is 0 Å². The van der Waals surface area contributed by atoms with Gasteiger partial charge in [0.2, 0.25) is 0 Å². The highest BCUT2D eigenvalue weighted by atomic mass is 32.2. The SMILES string of the molecule is O=C(O)C(Sc1cccc(C(F)(F)F)c1)C1CC1. The molecule has 0 bridgehead atoms. The lowest BCUT2D eigenvalue weighted by Gasteiger charge is -2.12. The van der Waals surface area contributed by atoms with Crippen LogP contribution in [0.2, 0.25) is 0 Å². The van der Waals surface area contributed by atoms with Gasteiger partial charge in [-0.1, -0.05) is 6.07 Å². The van der Waals surface area contributed by atoms with Gasteiger partial charge in [-0.15, -0.1) is 11.8 Å². The van der Waals surface area contributed by atoms with E-state index in [1.807, 2.05) is 0 Å². The van der Waals surface area contributed by atoms with Crippen molar-refractivity contribution in [3.05, 3.63) is 29.8 Å². The summed E-state index contributed by atoms with van der Waals surface area (Å²) in [4.78, 5) is 11.4. The Labute approximate surface area is 106 Å². The van der Waals surface area contributed by atoms with E-state index in [4.69, 9.17) is 5.11 Å². The first-order valence-corrected chi connectivity index (χ1v) is 6.32. The second-order valence-corrected chi connectivity index (χ2v) is 5.45. The maximum Gasteiger partial charge on any atom is 0.416 e. The molecule has 0 heterocycles. The molecule has 0 aliphatic heterocycles. The van der Waals surface area contributed by atoms with Crippen LogP contribution in [0.25, 0.3) is 0 Å². The summed E-state index contributed by atoms with van der Waals surface area (Å²) in [6.07, 6.45) is -2.72. The topological polar surface area (TPSA) is 37.3 Å². The van der Waals surface area contributed by atoms with Crippen molar-refractivity contribution in [1.82, 2.24) is 0 Å². The lowest BCUT2D eigenvalue weighted by molar-refractivity contribution is -0.138. The molecule has 0 aromatic heterocycles. The molecule has 1 fully saturated rings. The third kappa shape index (κ3) is 3.19. The van der Waals surface area contributed by atoms with E-state index < -0.39 is 23.0 Å². The minimum absolute atomic E-state index is 0.0852. The number of thioether (sulfide) groups is 1. The third-order valence-electron chi connectivity index (χ3n) is 2.72. The molecule has 98 valence electrons. The Morgan fingerprint density at radius 1 is 1.39 bits per heavy atom. The molecule has 1 unspecified atom stereocenters. The Bertz CT molecular complexity index is 455. The zero-order valence-electron chi connectivity index (χ0n) is 9.28. The highest BCUT2D eigenvalue weighted by Crippen LogP contribution is 2.42. The van der Waals surface area contributed by atoms with E-state index in [9.17, 15) is 18.0 Å². The van der Waals surface area contributed by atoms with Gasteiger partial charge >= 0.3 is 12.1 Å². The lowest BCUT2D eigenvalue weighted by atomic mass is 10.2. The monoisotopic (exact) mass is 276 g/mol. The highest BCUT2D eigenvalue weighted by Gasteiger charge is 2.37. The van der Waals surface area contributed by atoms with E-state index in [1.54, 1.807) is 0 Å². The normalized spacial score (nSPS) is 17.5. The van der Waals surface area contributed by atoms with Gasteiger partial charge in [-0.25, -0.2) is 0 Å². The highest BCUT2D eigenvalue weighted by molar-refractivity contribution is 8.00. The quantitative estimate of drug-likeness (QED) is 0.853. The van der Waals surface area contributed by atoms with Crippen LogP contribution < -0.4 is 0 Å². The summed E-state index contributed by atoms with van der Waals surface area (Å²) in [7, 11) is 0. The number of rotatable bonds is 4. The Hall–Kier alpha value is -1.17. The van der Waals surface area contributed by atoms with Gasteiger partial charge in [0.25, 0.3) is 0 Å². The van der Waals surface area contributed by atoms with Crippen LogP contribution in [0, 0.1) is 5.92 Å². The first-order valence-electron chi connectivity index (χ1n) is 5.44. The van der Waals surface area contributed by atoms with Gasteiger partial charge < -0.3 is 5.11 Å². The van der Waals surface area contributed by atoms with Crippen molar-refractivity contribution in [2.45, 2.75) is 29.2 Å². The maximum absolute atomic E-state index is 12.5. The van der Waals surface area contributed by atoms with Gasteiger partial charge in [-0.3, -0.25) is 4.79 Å². The fraction of sp³-hybridized carbons (Fsp3) is 0.417. The predicted molar refractivity (Wildman–Crippen MR) is 61.4 cm³/mol. The molecule has 1 N–H and O–H groups in total. The molecule has 1 atom stereocenters. The molecule has 1 aliphatic rings. The van der Waals surface area contributed by atoms with Crippen molar-refractivity contribution >= 4 is 17.7 Å². The summed E-state index contributed by atoms with van der Waals surface area (Å²) >= 11 is 0.998. The van der Waals surface area contributed by atoms with Crippen molar-refractivity contribution in [1.29, 1.82) is 0 Å². The fourth-order valence-electron chi connectivity index (χ4n) is 1.64. The summed E-state index contributed by atoms with van der Waals surface area (Å²) < 4.78 is 37.5. The first kappa shape index (κ1) is 13.3. The number of benzene rings is 1. The first-order chi connectivity index (χ1) is 8.38. The molecule has 1 aromatic carbocycles. The van der Waals surface area contributed by atoms with Crippen LogP contribution >= 0.6 is 11.8 Å². The van der Waals surface area contributed by atoms with Crippen LogP contribution in [-0.2, 0) is 11.0 Å². The van der Waals surface area contributed by atoms with Crippen LogP contribution in [0.1, 0.15) is 18.4 Å². The van der Waals surface area contributed by atoms with Gasteiger partial charge in [0.05, 0.1) is 5.56 Å². The second-order valence-electron chi connectivity index (χ2n) is 4.24. The second kappa shape index (κ2) is 4.84. The van der Waals surface area contributed by atoms with Gasteiger partial charge in [-0.2, -0.15) is 13.2 Å². The van der Waals surface area contributed by atoms with Crippen LogP contribution in [0.4, 0.5) is 13.2 Å². The molecule has 0 saturated heterocycles. The van der Waals surface area contributed by atoms with Crippen molar-refractivity contribution in [2.24, 2.45) is 5.92 Å². The Kier molecular flexibility index (Phi) is 3.56. The minimum atomic E-state index is -4.39. The number of halogens is 3. The van der Waals surface area contributed by atoms with E-state index in [0.29, 0.717) is 4.90 Å². The minimum Gasteiger partial charge on any atom is -0.480 e. The molecule has 2 rings (SSSR count). The summed E-state index contributed by atoms with van der Waals surface area (Å²) in [6, 6.07) is 4.80. The van der Waals surface area contributed by atoms with Gasteiger partial charge in [0, 0.05) is 4.90 Å². The lowest BCUT2D eigenvalue weighted by Crippen LogP contribution is -2.18. The van der Waals surface area contributed by atoms with E-state index >= 15 is 0 Å². The molecular weight excluding hydrogens is 265 g/mol. The number of hydrogen-bond donors (Lipinski definition) is 1. The Morgan fingerprint density at radius 2 is 2.06 bits per heavy atom. The zero-order valence-corrected chi connectivity index (χ0v) is 10.1. The number of carbonyl (C=O) groups is 1. The molecule has 0 radical (unpaired) electrons. The van der Waals surface area contributed by atoms with Crippen LogP contribution in [0.5, 0.6) is 0 Å². The standard InChI is InChI=1S/C12H11F3O2S/c13-12(14,15)8-2-1-3-9(6-8)18-10(11(16)17)7-4-5-7/h1-3,6-7,10H,4-5H2,(H,16,17). The molecule has 0 amide bonds. The molecule has 2 nitrogen and oxygen atoms in total. The molecular formula is C12H11F3O2S. The molecule has 1 aliphatic carbocycles. The van der Waals surface area contributed by atoms with Gasteiger partial charge in [0.15, 0.2) is 0 Å². The van der Waals surface area contributed by atoms with Crippen molar-refractivity contribution in [3.8, 4) is 0 Å². The van der Waals surface area contributed by atoms with E-state index in [1.165, 1.54) is 12.1 Å². The largest absolute Gasteiger partial charge is 0.480 e. The summed E-state index contributed by atoms with van der Waals surface area (Å²) in [5.41, 5.74) is -0.743. The average Bonchev–Trinajstić information content (AvgIpc) is 3.08. The maximum atomic E-state index is 12.5. The summed E-state index contributed by atoms with van der Waals surface area (Å²) in [5, 5.41) is 8.39. The van der Waals surface area contributed by atoms with Gasteiger partial charge in [-0.05, 0) is 37.0 Å². The smallest absolute Gasteiger partial charge is 0.416 e. The molecule has 1 saturated carbocycles. The number of hydrogen-bond acceptors (Lipinski definition) is 2. The van der Waals surface area contributed by atoms with Crippen LogP contribution in [-0.4, -0.2) is 16.3 Å². The van der Waals surface area contributed by atoms with E-state index in [0.717, 1.165) is 36.7 Å². The number of carboxylic acid groups (broad SMARTS) is 1. The summed E-state index contributed by atoms with van der Waals surface area (Å²) in [6.45, 7) is 0. The van der Waals surface area contributed by atoms with Gasteiger partial charge in [0.1, 0.15) is 5.25 Å². The van der Waals surface area contributed by atoms with E-state index in [-0.39, 0.29) is 5.92 Å². The van der Waals surface area contributed by atoms with Crippen molar-refractivity contribution < 1.29 is 23.1 Å². The third-order valence-corrected chi connectivity index (χ3v) is 4.08. The fourth-order valence-corrected chi connectivity index (χ4v) is 2.85. The average molecular weight is 276 g/mol. The van der Waals surface area contributed by atoms with Crippen molar-refractivity contribution in [3.63, 3.8) is 0 Å². The molecule has 18 heavy (non-hydrogen) atoms. The number of alkyl halides is 3. The number of aliphatic carboxylic acids is 1. The Morgan fingerprint density at radius 3 is 2.56 bits per heavy atom. The summed E-state index contributed by atoms with van der Waals surface area (Å²) in [5.74, 6) is -0.873. The molecule has 6 heteroatoms. The van der Waals surface area contributed by atoms with Crippen molar-refractivity contribution in [2.75, 3.05) is 0 Å². The van der Waals surface area contributed by atoms with Crippen LogP contribution in [0.15, 0.2) is 29.2 Å². The Balaban J connectivity index is 2.15. The van der Waals surface area contributed by atoms with Crippen LogP contribution in [0.3, 0.4) is 0 Å². The number of carboxylic acids is 1.